The monoisotopic (exact) mass is 408 g/mol. The third kappa shape index (κ3) is 9.21. The molecular weight excluding hydrogens is 372 g/mol. The zero-order chi connectivity index (χ0) is 20.7. The molecule has 29 heavy (non-hydrogen) atoms. The number of hydrogen-bond donors (Lipinski definition) is 3. The van der Waals surface area contributed by atoms with Gasteiger partial charge in [-0.05, 0) is 44.7 Å². The highest BCUT2D eigenvalue weighted by atomic mass is 16.6. The summed E-state index contributed by atoms with van der Waals surface area (Å²) in [5.41, 5.74) is 0. The highest BCUT2D eigenvalue weighted by molar-refractivity contribution is 5.80. The molecule has 0 atom stereocenters. The molecule has 0 aromatic carbocycles. The zero-order valence-corrected chi connectivity index (χ0v) is 17.6. The fourth-order valence-corrected chi connectivity index (χ4v) is 3.29. The molecule has 2 heterocycles. The lowest BCUT2D eigenvalue weighted by Gasteiger charge is -2.32. The normalized spacial score (nSPS) is 15.4. The number of carbonyl (C=O) groups excluding carboxylic acids is 1. The summed E-state index contributed by atoms with van der Waals surface area (Å²) >= 11 is 0. The number of piperidine rings is 1. The van der Waals surface area contributed by atoms with Gasteiger partial charge >= 0.3 is 6.09 Å². The lowest BCUT2D eigenvalue weighted by Crippen LogP contribution is -2.50. The molecule has 3 N–H and O–H groups in total. The lowest BCUT2D eigenvalue weighted by atomic mass is 10.1. The second kappa shape index (κ2) is 13.9. The number of aliphatic hydroxyl groups is 1. The van der Waals surface area contributed by atoms with Gasteiger partial charge in [-0.3, -0.25) is 4.99 Å². The quantitative estimate of drug-likeness (QED) is 0.296. The van der Waals surface area contributed by atoms with Gasteiger partial charge in [0, 0.05) is 45.2 Å². The summed E-state index contributed by atoms with van der Waals surface area (Å²) < 4.78 is 10.5. The van der Waals surface area contributed by atoms with Crippen molar-refractivity contribution in [2.45, 2.75) is 57.9 Å². The predicted octanol–water partition coefficient (Wildman–Crippen LogP) is 2.53. The molecule has 1 saturated heterocycles. The van der Waals surface area contributed by atoms with Gasteiger partial charge in [0.1, 0.15) is 5.76 Å². The number of hydrogen-bond acceptors (Lipinski definition) is 5. The molecule has 0 aliphatic carbocycles. The van der Waals surface area contributed by atoms with Crippen LogP contribution in [0.2, 0.25) is 0 Å². The van der Waals surface area contributed by atoms with Crippen molar-refractivity contribution >= 4 is 12.1 Å². The highest BCUT2D eigenvalue weighted by Crippen LogP contribution is 2.11. The number of nitrogens with one attached hydrogen (secondary N) is 2. The maximum absolute atomic E-state index is 11.9. The number of amides is 1. The molecule has 0 radical (unpaired) electrons. The number of rotatable bonds is 11. The van der Waals surface area contributed by atoms with E-state index in [2.05, 4.69) is 10.6 Å². The van der Waals surface area contributed by atoms with Gasteiger partial charge in [0.15, 0.2) is 5.96 Å². The first-order chi connectivity index (χ1) is 14.2. The van der Waals surface area contributed by atoms with E-state index in [9.17, 15) is 4.79 Å². The number of aliphatic hydroxyl groups excluding tert-OH is 1. The molecule has 0 unspecified atom stereocenters. The van der Waals surface area contributed by atoms with E-state index in [1.165, 1.54) is 0 Å². The third-order valence-electron chi connectivity index (χ3n) is 4.94. The Kier molecular flexibility index (Phi) is 11.0. The van der Waals surface area contributed by atoms with Crippen LogP contribution in [0.5, 0.6) is 0 Å². The molecule has 1 aliphatic rings. The number of aliphatic imine (C=N–C) groups is 1. The minimum absolute atomic E-state index is 0.223. The molecule has 1 aromatic rings. The van der Waals surface area contributed by atoms with Gasteiger partial charge in [-0.25, -0.2) is 4.79 Å². The van der Waals surface area contributed by atoms with Gasteiger partial charge < -0.3 is 29.8 Å². The molecule has 8 nitrogen and oxygen atoms in total. The Balaban J connectivity index is 1.78. The number of guanidine groups is 1. The van der Waals surface area contributed by atoms with Crippen molar-refractivity contribution in [1.29, 1.82) is 0 Å². The maximum Gasteiger partial charge on any atom is 0.409 e. The first-order valence-electron chi connectivity index (χ1n) is 10.8. The third-order valence-corrected chi connectivity index (χ3v) is 4.94. The van der Waals surface area contributed by atoms with Crippen LogP contribution in [-0.4, -0.2) is 67.5 Å². The van der Waals surface area contributed by atoms with Crippen LogP contribution >= 0.6 is 0 Å². The Morgan fingerprint density at radius 2 is 2.10 bits per heavy atom. The number of likely N-dealkylation sites (tertiary alicyclic amines) is 1. The Labute approximate surface area is 173 Å². The second-order valence-corrected chi connectivity index (χ2v) is 7.23. The van der Waals surface area contributed by atoms with E-state index in [1.54, 1.807) is 11.2 Å². The summed E-state index contributed by atoms with van der Waals surface area (Å²) in [6, 6.07) is 4.15. The molecule has 2 rings (SSSR count). The number of unbranched alkanes of at least 4 members (excludes halogenated alkanes) is 3. The fourth-order valence-electron chi connectivity index (χ4n) is 3.29. The van der Waals surface area contributed by atoms with E-state index in [4.69, 9.17) is 19.3 Å². The van der Waals surface area contributed by atoms with Crippen LogP contribution in [0.25, 0.3) is 0 Å². The number of furan rings is 1. The van der Waals surface area contributed by atoms with Crippen LogP contribution in [-0.2, 0) is 11.2 Å². The van der Waals surface area contributed by atoms with E-state index in [0.717, 1.165) is 69.8 Å². The van der Waals surface area contributed by atoms with E-state index in [0.29, 0.717) is 19.7 Å². The molecule has 0 spiro atoms. The lowest BCUT2D eigenvalue weighted by molar-refractivity contribution is 0.0963. The first-order valence-corrected chi connectivity index (χ1v) is 10.8. The van der Waals surface area contributed by atoms with Crippen molar-refractivity contribution in [3.63, 3.8) is 0 Å². The summed E-state index contributed by atoms with van der Waals surface area (Å²) in [6.07, 6.45) is 7.97. The van der Waals surface area contributed by atoms with E-state index < -0.39 is 0 Å². The molecule has 8 heteroatoms. The molecule has 164 valence electrons. The van der Waals surface area contributed by atoms with Gasteiger partial charge in [-0.2, -0.15) is 0 Å². The van der Waals surface area contributed by atoms with Crippen molar-refractivity contribution in [1.82, 2.24) is 15.5 Å². The fraction of sp³-hybridized carbons (Fsp3) is 0.714. The summed E-state index contributed by atoms with van der Waals surface area (Å²) in [6.45, 7) is 5.37. The molecule has 1 fully saturated rings. The van der Waals surface area contributed by atoms with E-state index >= 15 is 0 Å². The zero-order valence-electron chi connectivity index (χ0n) is 17.6. The van der Waals surface area contributed by atoms with Gasteiger partial charge in [0.25, 0.3) is 0 Å². The molecular formula is C21H36N4O4. The molecule has 0 saturated carbocycles. The van der Waals surface area contributed by atoms with Crippen LogP contribution in [0.15, 0.2) is 27.8 Å². The van der Waals surface area contributed by atoms with Crippen LogP contribution in [0, 0.1) is 0 Å². The standard InChI is InChI=1S/C21H36N4O4/c1-2-28-21(27)25-14-10-18(11-15-25)24-20(22-12-5-3-4-6-16-26)23-13-9-19-8-7-17-29-19/h7-8,17-18,26H,2-6,9-16H2,1H3,(H2,22,23,24). The summed E-state index contributed by atoms with van der Waals surface area (Å²) in [5.74, 6) is 1.76. The maximum atomic E-state index is 11.9. The SMILES string of the molecule is CCOC(=O)N1CCC(NC(=NCCCCCCO)NCCc2ccco2)CC1. The van der Waals surface area contributed by atoms with Crippen molar-refractivity contribution < 1.29 is 19.1 Å². The van der Waals surface area contributed by atoms with Gasteiger partial charge in [-0.15, -0.1) is 0 Å². The van der Waals surface area contributed by atoms with Crippen LogP contribution < -0.4 is 10.6 Å². The van der Waals surface area contributed by atoms with Crippen LogP contribution in [0.1, 0.15) is 51.2 Å². The number of nitrogens with zero attached hydrogens (tertiary/aromatic N) is 2. The largest absolute Gasteiger partial charge is 0.469 e. The Morgan fingerprint density at radius 1 is 1.31 bits per heavy atom. The Hall–Kier alpha value is -2.22. The van der Waals surface area contributed by atoms with Crippen molar-refractivity contribution in [3.8, 4) is 0 Å². The summed E-state index contributed by atoms with van der Waals surface area (Å²) in [4.78, 5) is 18.3. The van der Waals surface area contributed by atoms with E-state index in [1.807, 2.05) is 19.1 Å². The van der Waals surface area contributed by atoms with Crippen LogP contribution in [0.4, 0.5) is 4.79 Å². The Morgan fingerprint density at radius 3 is 2.79 bits per heavy atom. The smallest absolute Gasteiger partial charge is 0.409 e. The van der Waals surface area contributed by atoms with Gasteiger partial charge in [0.2, 0.25) is 0 Å². The topological polar surface area (TPSA) is 99.3 Å². The minimum Gasteiger partial charge on any atom is -0.469 e. The second-order valence-electron chi connectivity index (χ2n) is 7.23. The molecule has 0 bridgehead atoms. The summed E-state index contributed by atoms with van der Waals surface area (Å²) in [5, 5.41) is 15.8. The average molecular weight is 409 g/mol. The Bertz CT molecular complexity index is 584. The van der Waals surface area contributed by atoms with Crippen molar-refractivity contribution in [2.24, 2.45) is 4.99 Å². The average Bonchev–Trinajstić information content (AvgIpc) is 3.24. The first kappa shape index (κ1) is 23.1. The van der Waals surface area contributed by atoms with Crippen molar-refractivity contribution in [2.75, 3.05) is 39.4 Å². The molecule has 1 amide bonds. The highest BCUT2D eigenvalue weighted by Gasteiger charge is 2.24. The van der Waals surface area contributed by atoms with Crippen LogP contribution in [0.3, 0.4) is 0 Å². The number of ether oxygens (including phenoxy) is 1. The predicted molar refractivity (Wildman–Crippen MR) is 113 cm³/mol. The summed E-state index contributed by atoms with van der Waals surface area (Å²) in [7, 11) is 0. The van der Waals surface area contributed by atoms with Gasteiger partial charge in [-0.1, -0.05) is 12.8 Å². The molecule has 1 aromatic heterocycles. The van der Waals surface area contributed by atoms with E-state index in [-0.39, 0.29) is 18.7 Å². The van der Waals surface area contributed by atoms with Crippen molar-refractivity contribution in [3.05, 3.63) is 24.2 Å². The minimum atomic E-state index is -0.223. The number of carbonyl (C=O) groups is 1. The molecule has 1 aliphatic heterocycles. The van der Waals surface area contributed by atoms with Gasteiger partial charge in [0.05, 0.1) is 12.9 Å².